The first kappa shape index (κ1) is 15.7. The van der Waals surface area contributed by atoms with Crippen LogP contribution in [0.25, 0.3) is 0 Å². The van der Waals surface area contributed by atoms with Crippen molar-refractivity contribution in [2.45, 2.75) is 16.7 Å². The van der Waals surface area contributed by atoms with Crippen LogP contribution in [-0.2, 0) is 14.6 Å². The number of hydrogen-bond donors (Lipinski definition) is 0. The summed E-state index contributed by atoms with van der Waals surface area (Å²) in [5.41, 5.74) is 0.306. The highest BCUT2D eigenvalue weighted by molar-refractivity contribution is 9.09. The van der Waals surface area contributed by atoms with Gasteiger partial charge in [-0.25, -0.2) is 8.42 Å². The van der Waals surface area contributed by atoms with E-state index in [2.05, 4.69) is 15.9 Å². The molecule has 1 aromatic carbocycles. The second-order valence-electron chi connectivity index (χ2n) is 4.35. The van der Waals surface area contributed by atoms with Gasteiger partial charge >= 0.3 is 5.76 Å². The second kappa shape index (κ2) is 6.36. The van der Waals surface area contributed by atoms with E-state index < -0.39 is 15.6 Å². The number of morpholine rings is 1. The predicted molar refractivity (Wildman–Crippen MR) is 75.4 cm³/mol. The molecule has 4 nitrogen and oxygen atoms in total. The molecule has 8 heteroatoms. The Kier molecular flexibility index (Phi) is 4.98. The molecule has 112 valence electrons. The molecule has 0 aromatic heterocycles. The van der Waals surface area contributed by atoms with Gasteiger partial charge in [-0.05, 0) is 12.1 Å². The molecule has 0 aliphatic carbocycles. The molecule has 0 amide bonds. The Labute approximate surface area is 124 Å². The van der Waals surface area contributed by atoms with Crippen molar-refractivity contribution < 1.29 is 21.9 Å². The Hall–Kier alpha value is -0.730. The largest absolute Gasteiger partial charge is 0.377 e. The predicted octanol–water partition coefficient (Wildman–Crippen LogP) is 2.28. The molecule has 0 bridgehead atoms. The molecule has 0 saturated carbocycles. The standard InChI is InChI=1S/C12H14BrF2NO3S/c13-7-9-8-19-6-5-16(9)10-3-1-2-4-11(10)20(17,18)12(14)15/h1-4,9,12H,5-8H2. The summed E-state index contributed by atoms with van der Waals surface area (Å²) in [6.07, 6.45) is 0. The van der Waals surface area contributed by atoms with Crippen LogP contribution in [0.3, 0.4) is 0 Å². The molecule has 2 rings (SSSR count). The lowest BCUT2D eigenvalue weighted by atomic mass is 10.2. The second-order valence-corrected chi connectivity index (χ2v) is 6.88. The van der Waals surface area contributed by atoms with E-state index in [1.807, 2.05) is 0 Å². The number of ether oxygens (including phenoxy) is 1. The number of alkyl halides is 3. The van der Waals surface area contributed by atoms with Crippen molar-refractivity contribution in [1.29, 1.82) is 0 Å². The Morgan fingerprint density at radius 1 is 1.40 bits per heavy atom. The van der Waals surface area contributed by atoms with Crippen molar-refractivity contribution in [1.82, 2.24) is 0 Å². The van der Waals surface area contributed by atoms with Crippen LogP contribution in [0.5, 0.6) is 0 Å². The number of hydrogen-bond acceptors (Lipinski definition) is 4. The number of halogens is 3. The molecule has 1 saturated heterocycles. The van der Waals surface area contributed by atoms with Gasteiger partial charge < -0.3 is 9.64 Å². The Balaban J connectivity index is 2.47. The van der Waals surface area contributed by atoms with Gasteiger partial charge in [0.2, 0.25) is 9.84 Å². The summed E-state index contributed by atoms with van der Waals surface area (Å²) in [5.74, 6) is -3.42. The minimum Gasteiger partial charge on any atom is -0.377 e. The van der Waals surface area contributed by atoms with Crippen molar-refractivity contribution in [2.75, 3.05) is 30.0 Å². The highest BCUT2D eigenvalue weighted by Gasteiger charge is 2.33. The average molecular weight is 370 g/mol. The summed E-state index contributed by atoms with van der Waals surface area (Å²) >= 11 is 3.33. The zero-order valence-corrected chi connectivity index (χ0v) is 12.9. The van der Waals surface area contributed by atoms with Crippen molar-refractivity contribution in [3.05, 3.63) is 24.3 Å². The van der Waals surface area contributed by atoms with Crippen LogP contribution in [0.1, 0.15) is 0 Å². The first-order chi connectivity index (χ1) is 9.48. The number of rotatable bonds is 4. The lowest BCUT2D eigenvalue weighted by molar-refractivity contribution is 0.100. The van der Waals surface area contributed by atoms with Crippen LogP contribution < -0.4 is 4.90 Å². The minimum absolute atomic E-state index is 0.0854. The summed E-state index contributed by atoms with van der Waals surface area (Å²) in [5, 5.41) is 0.566. The van der Waals surface area contributed by atoms with Crippen molar-refractivity contribution >= 4 is 31.5 Å². The van der Waals surface area contributed by atoms with Gasteiger partial charge in [-0.15, -0.1) is 0 Å². The van der Waals surface area contributed by atoms with Crippen molar-refractivity contribution in [3.63, 3.8) is 0 Å². The molecule has 0 N–H and O–H groups in total. The molecule has 1 atom stereocenters. The highest BCUT2D eigenvalue weighted by Crippen LogP contribution is 2.31. The summed E-state index contributed by atoms with van der Waals surface area (Å²) in [4.78, 5) is 1.47. The van der Waals surface area contributed by atoms with E-state index in [1.54, 1.807) is 17.0 Å². The normalized spacial score (nSPS) is 20.4. The average Bonchev–Trinajstić information content (AvgIpc) is 2.47. The lowest BCUT2D eigenvalue weighted by Crippen LogP contribution is -2.47. The summed E-state index contributed by atoms with van der Waals surface area (Å²) < 4.78 is 54.4. The number of sulfone groups is 1. The van der Waals surface area contributed by atoms with E-state index in [-0.39, 0.29) is 10.9 Å². The van der Waals surface area contributed by atoms with Gasteiger partial charge in [-0.2, -0.15) is 8.78 Å². The molecule has 1 heterocycles. The van der Waals surface area contributed by atoms with Crippen LogP contribution in [0.15, 0.2) is 29.2 Å². The quantitative estimate of drug-likeness (QED) is 0.763. The fourth-order valence-corrected chi connectivity index (χ4v) is 3.60. The maximum absolute atomic E-state index is 12.8. The highest BCUT2D eigenvalue weighted by atomic mass is 79.9. The van der Waals surface area contributed by atoms with Gasteiger partial charge in [0.05, 0.1) is 29.8 Å². The topological polar surface area (TPSA) is 46.6 Å². The Morgan fingerprint density at radius 3 is 2.75 bits per heavy atom. The minimum atomic E-state index is -4.62. The maximum atomic E-state index is 12.8. The zero-order valence-electron chi connectivity index (χ0n) is 10.5. The summed E-state index contributed by atoms with van der Waals surface area (Å²) in [7, 11) is -4.62. The fourth-order valence-electron chi connectivity index (χ4n) is 2.13. The van der Waals surface area contributed by atoms with Gasteiger partial charge in [-0.3, -0.25) is 0 Å². The monoisotopic (exact) mass is 369 g/mol. The van der Waals surface area contributed by atoms with Gasteiger partial charge in [0.25, 0.3) is 0 Å². The van der Waals surface area contributed by atoms with Gasteiger partial charge in [0.15, 0.2) is 0 Å². The lowest BCUT2D eigenvalue weighted by Gasteiger charge is -2.37. The summed E-state index contributed by atoms with van der Waals surface area (Å²) in [6, 6.07) is 5.77. The molecule has 1 fully saturated rings. The molecule has 1 aromatic rings. The number of nitrogens with zero attached hydrogens (tertiary/aromatic N) is 1. The van der Waals surface area contributed by atoms with Crippen molar-refractivity contribution in [3.8, 4) is 0 Å². The van der Waals surface area contributed by atoms with E-state index in [9.17, 15) is 17.2 Å². The molecule has 1 aliphatic rings. The third-order valence-electron chi connectivity index (χ3n) is 3.12. The SMILES string of the molecule is O=S(=O)(c1ccccc1N1CCOCC1CBr)C(F)F. The number of para-hydroxylation sites is 1. The van der Waals surface area contributed by atoms with Gasteiger partial charge in [0.1, 0.15) is 0 Å². The van der Waals surface area contributed by atoms with Gasteiger partial charge in [0, 0.05) is 11.9 Å². The molecule has 0 spiro atoms. The van der Waals surface area contributed by atoms with E-state index in [0.717, 1.165) is 0 Å². The Morgan fingerprint density at radius 2 is 2.10 bits per heavy atom. The number of benzene rings is 1. The third kappa shape index (κ3) is 2.96. The summed E-state index contributed by atoms with van der Waals surface area (Å²) in [6.45, 7) is 1.33. The van der Waals surface area contributed by atoms with Crippen LogP contribution in [0, 0.1) is 0 Å². The van der Waals surface area contributed by atoms with Crippen molar-refractivity contribution in [2.24, 2.45) is 0 Å². The molecular weight excluding hydrogens is 356 g/mol. The molecule has 20 heavy (non-hydrogen) atoms. The third-order valence-corrected chi connectivity index (χ3v) is 5.30. The van der Waals surface area contributed by atoms with Crippen LogP contribution >= 0.6 is 15.9 Å². The van der Waals surface area contributed by atoms with Crippen LogP contribution in [-0.4, -0.2) is 45.3 Å². The first-order valence-corrected chi connectivity index (χ1v) is 8.66. The maximum Gasteiger partial charge on any atom is 0.341 e. The number of anilines is 1. The van der Waals surface area contributed by atoms with Gasteiger partial charge in [-0.1, -0.05) is 28.1 Å². The fraction of sp³-hybridized carbons (Fsp3) is 0.500. The Bertz CT molecular complexity index is 568. The van der Waals surface area contributed by atoms with Crippen LogP contribution in [0.4, 0.5) is 14.5 Å². The molecule has 0 radical (unpaired) electrons. The smallest absolute Gasteiger partial charge is 0.341 e. The van der Waals surface area contributed by atoms with E-state index in [1.165, 1.54) is 12.1 Å². The van der Waals surface area contributed by atoms with E-state index in [4.69, 9.17) is 4.74 Å². The molecule has 1 unspecified atom stereocenters. The zero-order chi connectivity index (χ0) is 14.8. The van der Waals surface area contributed by atoms with Crippen LogP contribution in [0.2, 0.25) is 0 Å². The molecular formula is C12H14BrF2NO3S. The van der Waals surface area contributed by atoms with E-state index in [0.29, 0.717) is 30.8 Å². The van der Waals surface area contributed by atoms with E-state index >= 15 is 0 Å². The first-order valence-electron chi connectivity index (χ1n) is 6.00. The molecule has 1 aliphatic heterocycles.